The highest BCUT2D eigenvalue weighted by Gasteiger charge is 2.34. The highest BCUT2D eigenvalue weighted by molar-refractivity contribution is 5.95. The Morgan fingerprint density at radius 1 is 1.12 bits per heavy atom. The molecule has 0 saturated heterocycles. The van der Waals surface area contributed by atoms with Crippen molar-refractivity contribution in [1.29, 1.82) is 0 Å². The molecule has 1 aromatic rings. The smallest absolute Gasteiger partial charge is 0.220 e. The summed E-state index contributed by atoms with van der Waals surface area (Å²) in [6.07, 6.45) is 1.37. The molecular weight excluding hydrogens is 424 g/mol. The largest absolute Gasteiger partial charge is 0.507 e. The minimum absolute atomic E-state index is 0.00236. The van der Waals surface area contributed by atoms with Gasteiger partial charge in [-0.25, -0.2) is 4.99 Å². The normalized spacial score (nSPS) is 19.1. The number of aliphatic hydroxyl groups excluding tert-OH is 1. The second kappa shape index (κ2) is 10.4. The Bertz CT molecular complexity index is 997. The maximum Gasteiger partial charge on any atom is 0.220 e. The molecule has 1 atom stereocenters. The minimum atomic E-state index is -0.222. The quantitative estimate of drug-likeness (QED) is 0.447. The van der Waals surface area contributed by atoms with Gasteiger partial charge in [0.05, 0.1) is 18.7 Å². The van der Waals surface area contributed by atoms with Gasteiger partial charge in [-0.2, -0.15) is 0 Å². The Balaban J connectivity index is 1.59. The summed E-state index contributed by atoms with van der Waals surface area (Å²) in [4.78, 5) is 6.96. The molecule has 0 spiro atoms. The average molecular weight is 467 g/mol. The molecule has 186 valence electrons. The van der Waals surface area contributed by atoms with Gasteiger partial charge < -0.3 is 19.5 Å². The van der Waals surface area contributed by atoms with Crippen molar-refractivity contribution in [2.75, 3.05) is 26.7 Å². The minimum Gasteiger partial charge on any atom is -0.507 e. The Hall–Kier alpha value is -2.49. The van der Waals surface area contributed by atoms with Crippen molar-refractivity contribution in [3.63, 3.8) is 0 Å². The zero-order chi connectivity index (χ0) is 25.1. The second-order valence-corrected chi connectivity index (χ2v) is 11.5. The summed E-state index contributed by atoms with van der Waals surface area (Å²) in [6, 6.07) is 8.32. The fraction of sp³-hybridized carbons (Fsp3) is 0.586. The number of hydrogen-bond donors (Lipinski definition) is 1. The predicted molar refractivity (Wildman–Crippen MR) is 139 cm³/mol. The van der Waals surface area contributed by atoms with Gasteiger partial charge >= 0.3 is 0 Å². The Kier molecular flexibility index (Phi) is 8.00. The van der Waals surface area contributed by atoms with Crippen molar-refractivity contribution in [1.82, 2.24) is 4.90 Å². The van der Waals surface area contributed by atoms with E-state index in [1.807, 2.05) is 12.1 Å². The fourth-order valence-corrected chi connectivity index (χ4v) is 4.11. The van der Waals surface area contributed by atoms with Crippen molar-refractivity contribution in [3.05, 3.63) is 58.0 Å². The molecule has 0 radical (unpaired) electrons. The van der Waals surface area contributed by atoms with E-state index in [-0.39, 0.29) is 16.9 Å². The molecular formula is C29H42N2O3. The number of nitrogens with zero attached hydrogens (tertiary/aromatic N) is 2. The first kappa shape index (κ1) is 26.1. The molecule has 0 fully saturated rings. The van der Waals surface area contributed by atoms with Crippen LogP contribution in [0.15, 0.2) is 57.5 Å². The van der Waals surface area contributed by atoms with Crippen molar-refractivity contribution in [2.24, 2.45) is 15.8 Å². The van der Waals surface area contributed by atoms with Gasteiger partial charge in [0.1, 0.15) is 17.6 Å². The molecule has 0 amide bonds. The third-order valence-corrected chi connectivity index (χ3v) is 6.41. The topological polar surface area (TPSA) is 54.3 Å². The Labute approximate surface area is 205 Å². The molecule has 3 rings (SSSR count). The van der Waals surface area contributed by atoms with Crippen molar-refractivity contribution in [3.8, 4) is 5.75 Å². The molecule has 2 aliphatic rings. The number of rotatable bonds is 8. The maximum absolute atomic E-state index is 11.0. The van der Waals surface area contributed by atoms with Gasteiger partial charge in [0, 0.05) is 25.0 Å². The third kappa shape index (κ3) is 6.55. The molecule has 0 saturated carbocycles. The molecule has 1 heterocycles. The summed E-state index contributed by atoms with van der Waals surface area (Å²) in [6.45, 7) is 18.0. The standard InChI is InChI=1S/C29H42N2O3/c1-9-31(8)19-20-10-12-22(13-11-20)33-15-14-23-18-30-27(34-23)21-16-24(28(2,3)4)26(32)25(17-21)29(5,6)7/h10-13,23,32H,9,14-16,18-19H2,1-8H3. The molecule has 1 aliphatic carbocycles. The van der Waals surface area contributed by atoms with Crippen LogP contribution in [0.3, 0.4) is 0 Å². The summed E-state index contributed by atoms with van der Waals surface area (Å²) < 4.78 is 12.2. The highest BCUT2D eigenvalue weighted by Crippen LogP contribution is 2.42. The lowest BCUT2D eigenvalue weighted by atomic mass is 9.74. The zero-order valence-corrected chi connectivity index (χ0v) is 22.3. The van der Waals surface area contributed by atoms with Gasteiger partial charge in [-0.05, 0) is 47.7 Å². The lowest BCUT2D eigenvalue weighted by molar-refractivity contribution is 0.177. The van der Waals surface area contributed by atoms with Crippen LogP contribution in [0.2, 0.25) is 0 Å². The van der Waals surface area contributed by atoms with E-state index in [0.29, 0.717) is 31.2 Å². The number of aliphatic hydroxyl groups is 1. The molecule has 1 aliphatic heterocycles. The first-order valence-electron chi connectivity index (χ1n) is 12.4. The van der Waals surface area contributed by atoms with Crippen molar-refractivity contribution < 1.29 is 14.6 Å². The lowest BCUT2D eigenvalue weighted by Crippen LogP contribution is -2.23. The average Bonchev–Trinajstić information content (AvgIpc) is 3.22. The number of allylic oxidation sites excluding steroid dienone is 2. The summed E-state index contributed by atoms with van der Waals surface area (Å²) in [7, 11) is 2.12. The molecule has 5 heteroatoms. The first-order chi connectivity index (χ1) is 15.9. The van der Waals surface area contributed by atoms with Gasteiger partial charge in [0.25, 0.3) is 0 Å². The zero-order valence-electron chi connectivity index (χ0n) is 22.3. The van der Waals surface area contributed by atoms with Gasteiger partial charge in [-0.15, -0.1) is 5.73 Å². The number of benzene rings is 1. The van der Waals surface area contributed by atoms with E-state index in [9.17, 15) is 5.11 Å². The second-order valence-electron chi connectivity index (χ2n) is 11.5. The van der Waals surface area contributed by atoms with E-state index in [4.69, 9.17) is 9.47 Å². The molecule has 1 N–H and O–H groups in total. The van der Waals surface area contributed by atoms with E-state index in [1.54, 1.807) is 0 Å². The Morgan fingerprint density at radius 3 is 2.38 bits per heavy atom. The van der Waals surface area contributed by atoms with Crippen LogP contribution >= 0.6 is 0 Å². The number of ether oxygens (including phenoxy) is 2. The third-order valence-electron chi connectivity index (χ3n) is 6.41. The van der Waals surface area contributed by atoms with Crippen molar-refractivity contribution >= 4 is 5.90 Å². The monoisotopic (exact) mass is 466 g/mol. The predicted octanol–water partition coefficient (Wildman–Crippen LogP) is 6.46. The summed E-state index contributed by atoms with van der Waals surface area (Å²) >= 11 is 0. The van der Waals surface area contributed by atoms with Crippen LogP contribution in [0.5, 0.6) is 5.75 Å². The summed E-state index contributed by atoms with van der Waals surface area (Å²) in [5, 5.41) is 11.0. The molecule has 0 aromatic heterocycles. The van der Waals surface area contributed by atoms with Crippen LogP contribution in [-0.2, 0) is 11.3 Å². The first-order valence-corrected chi connectivity index (χ1v) is 12.4. The molecule has 34 heavy (non-hydrogen) atoms. The SMILES string of the molecule is CCN(C)Cc1ccc(OCCC2CN=C(C3=C=C(C(C)(C)C)C(O)=C(C(C)(C)C)C3)O2)cc1. The van der Waals surface area contributed by atoms with Crippen molar-refractivity contribution in [2.45, 2.75) is 74.0 Å². The fourth-order valence-electron chi connectivity index (χ4n) is 4.11. The van der Waals surface area contributed by atoms with Crippen LogP contribution in [0.1, 0.15) is 66.9 Å². The maximum atomic E-state index is 11.0. The Morgan fingerprint density at radius 2 is 1.79 bits per heavy atom. The lowest BCUT2D eigenvalue weighted by Gasteiger charge is -2.31. The van der Waals surface area contributed by atoms with E-state index in [2.05, 4.69) is 83.3 Å². The highest BCUT2D eigenvalue weighted by atomic mass is 16.5. The summed E-state index contributed by atoms with van der Waals surface area (Å²) in [5.41, 5.74) is 7.13. The summed E-state index contributed by atoms with van der Waals surface area (Å²) in [5.74, 6) is 1.91. The van der Waals surface area contributed by atoms with Crippen LogP contribution in [0.4, 0.5) is 0 Å². The van der Waals surface area contributed by atoms with Crippen LogP contribution in [0.25, 0.3) is 0 Å². The van der Waals surface area contributed by atoms with Crippen LogP contribution in [-0.4, -0.2) is 48.8 Å². The van der Waals surface area contributed by atoms with Gasteiger partial charge in [0.2, 0.25) is 5.90 Å². The van der Waals surface area contributed by atoms with E-state index < -0.39 is 0 Å². The number of hydrogen-bond acceptors (Lipinski definition) is 5. The molecule has 1 aromatic carbocycles. The van der Waals surface area contributed by atoms with Crippen LogP contribution in [0, 0.1) is 10.8 Å². The molecule has 0 bridgehead atoms. The molecule has 5 nitrogen and oxygen atoms in total. The van der Waals surface area contributed by atoms with Gasteiger partial charge in [-0.3, -0.25) is 0 Å². The van der Waals surface area contributed by atoms with Gasteiger partial charge in [-0.1, -0.05) is 60.6 Å². The molecule has 1 unspecified atom stereocenters. The number of aliphatic imine (C=N–C) groups is 1. The van der Waals surface area contributed by atoms with Crippen LogP contribution < -0.4 is 4.74 Å². The van der Waals surface area contributed by atoms with E-state index in [0.717, 1.165) is 42.0 Å². The van der Waals surface area contributed by atoms with E-state index in [1.165, 1.54) is 5.56 Å². The van der Waals surface area contributed by atoms with E-state index >= 15 is 0 Å². The van der Waals surface area contributed by atoms with Gasteiger partial charge in [0.15, 0.2) is 0 Å².